The molecule has 0 aromatic rings. The number of hydrogen-bond donors (Lipinski definition) is 2. The van der Waals surface area contributed by atoms with Gasteiger partial charge in [-0.05, 0) is 26.2 Å². The highest BCUT2D eigenvalue weighted by Gasteiger charge is 2.47. The highest BCUT2D eigenvalue weighted by atomic mass is 16.4. The number of primary amides is 1. The maximum absolute atomic E-state index is 11.2. The molecule has 1 saturated heterocycles. The maximum atomic E-state index is 11.2. The van der Waals surface area contributed by atoms with Gasteiger partial charge in [0.2, 0.25) is 5.91 Å². The van der Waals surface area contributed by atoms with Crippen molar-refractivity contribution in [1.29, 1.82) is 0 Å². The zero-order chi connectivity index (χ0) is 11.6. The van der Waals surface area contributed by atoms with Gasteiger partial charge in [-0.25, -0.2) is 0 Å². The number of carboxylic acid groups (broad SMARTS) is 1. The van der Waals surface area contributed by atoms with Crippen molar-refractivity contribution in [2.75, 3.05) is 6.54 Å². The van der Waals surface area contributed by atoms with Crippen molar-refractivity contribution < 1.29 is 14.7 Å². The van der Waals surface area contributed by atoms with Crippen LogP contribution in [0.5, 0.6) is 0 Å². The predicted molar refractivity (Wildman–Crippen MR) is 55.3 cm³/mol. The molecule has 1 fully saturated rings. The molecule has 0 aromatic carbocycles. The first-order valence-electron chi connectivity index (χ1n) is 5.23. The standard InChI is InChI=1S/C10H18N2O3/c1-3-7(8(11)13)12-6-4-5-10(12,2)9(14)15/h7H,3-6H2,1-2H3,(H2,11,13)(H,14,15). The number of carbonyl (C=O) groups excluding carboxylic acids is 1. The Balaban J connectivity index is 2.93. The Morgan fingerprint density at radius 1 is 1.60 bits per heavy atom. The van der Waals surface area contributed by atoms with Gasteiger partial charge in [0.1, 0.15) is 5.54 Å². The molecule has 1 rings (SSSR count). The number of nitrogens with two attached hydrogens (primary N) is 1. The molecule has 0 bridgehead atoms. The number of nitrogens with zero attached hydrogens (tertiary/aromatic N) is 1. The van der Waals surface area contributed by atoms with E-state index in [-0.39, 0.29) is 0 Å². The average molecular weight is 214 g/mol. The van der Waals surface area contributed by atoms with Crippen molar-refractivity contribution in [1.82, 2.24) is 4.90 Å². The lowest BCUT2D eigenvalue weighted by Gasteiger charge is -2.35. The molecule has 1 heterocycles. The third-order valence-corrected chi connectivity index (χ3v) is 3.25. The molecule has 3 N–H and O–H groups in total. The van der Waals surface area contributed by atoms with E-state index in [0.29, 0.717) is 19.4 Å². The lowest BCUT2D eigenvalue weighted by Crippen LogP contribution is -2.56. The SMILES string of the molecule is CCC(C(N)=O)N1CCCC1(C)C(=O)O. The van der Waals surface area contributed by atoms with Gasteiger partial charge < -0.3 is 10.8 Å². The summed E-state index contributed by atoms with van der Waals surface area (Å²) < 4.78 is 0. The van der Waals surface area contributed by atoms with Crippen LogP contribution in [-0.4, -0.2) is 40.0 Å². The van der Waals surface area contributed by atoms with E-state index in [0.717, 1.165) is 6.42 Å². The summed E-state index contributed by atoms with van der Waals surface area (Å²) in [7, 11) is 0. The Morgan fingerprint density at radius 2 is 2.20 bits per heavy atom. The number of carboxylic acids is 1. The topological polar surface area (TPSA) is 83.6 Å². The first kappa shape index (κ1) is 12.0. The summed E-state index contributed by atoms with van der Waals surface area (Å²) in [4.78, 5) is 24.1. The molecule has 86 valence electrons. The van der Waals surface area contributed by atoms with Crippen LogP contribution in [0.4, 0.5) is 0 Å². The molecule has 5 heteroatoms. The molecule has 1 aliphatic rings. The Hall–Kier alpha value is -1.10. The van der Waals surface area contributed by atoms with Gasteiger partial charge in [-0.15, -0.1) is 0 Å². The number of hydrogen-bond acceptors (Lipinski definition) is 3. The number of rotatable bonds is 4. The highest BCUT2D eigenvalue weighted by molar-refractivity contribution is 5.83. The first-order chi connectivity index (χ1) is 6.93. The molecule has 1 aliphatic heterocycles. The van der Waals surface area contributed by atoms with Crippen LogP contribution in [0.3, 0.4) is 0 Å². The minimum atomic E-state index is -0.935. The number of likely N-dealkylation sites (tertiary alicyclic amines) is 1. The van der Waals surface area contributed by atoms with Crippen LogP contribution < -0.4 is 5.73 Å². The van der Waals surface area contributed by atoms with Gasteiger partial charge in [0.25, 0.3) is 0 Å². The minimum absolute atomic E-state index is 0.438. The molecule has 0 saturated carbocycles. The van der Waals surface area contributed by atoms with Crippen LogP contribution in [0.25, 0.3) is 0 Å². The molecule has 0 aliphatic carbocycles. The largest absolute Gasteiger partial charge is 0.480 e. The third-order valence-electron chi connectivity index (χ3n) is 3.25. The summed E-state index contributed by atoms with van der Waals surface area (Å²) in [6.07, 6.45) is 1.93. The normalized spacial score (nSPS) is 28.9. The number of carbonyl (C=O) groups is 2. The van der Waals surface area contributed by atoms with E-state index in [4.69, 9.17) is 5.73 Å². The average Bonchev–Trinajstić information content (AvgIpc) is 2.50. The van der Waals surface area contributed by atoms with Crippen molar-refractivity contribution in [2.24, 2.45) is 5.73 Å². The number of aliphatic carboxylic acids is 1. The van der Waals surface area contributed by atoms with Crippen LogP contribution in [-0.2, 0) is 9.59 Å². The van der Waals surface area contributed by atoms with E-state index in [1.807, 2.05) is 6.92 Å². The molecule has 0 aromatic heterocycles. The van der Waals surface area contributed by atoms with Crippen LogP contribution in [0.2, 0.25) is 0 Å². The van der Waals surface area contributed by atoms with Gasteiger partial charge in [0.05, 0.1) is 6.04 Å². The van der Waals surface area contributed by atoms with Gasteiger partial charge >= 0.3 is 5.97 Å². The van der Waals surface area contributed by atoms with Crippen molar-refractivity contribution in [3.63, 3.8) is 0 Å². The summed E-state index contributed by atoms with van der Waals surface area (Å²) >= 11 is 0. The monoisotopic (exact) mass is 214 g/mol. The Kier molecular flexibility index (Phi) is 3.34. The molecule has 2 atom stereocenters. The molecule has 15 heavy (non-hydrogen) atoms. The molecular formula is C10H18N2O3. The molecule has 5 nitrogen and oxygen atoms in total. The van der Waals surface area contributed by atoms with E-state index in [2.05, 4.69) is 0 Å². The fourth-order valence-electron chi connectivity index (χ4n) is 2.29. The molecule has 0 spiro atoms. The Morgan fingerprint density at radius 3 is 2.60 bits per heavy atom. The molecule has 2 unspecified atom stereocenters. The van der Waals surface area contributed by atoms with E-state index in [1.54, 1.807) is 11.8 Å². The third kappa shape index (κ3) is 1.97. The summed E-state index contributed by atoms with van der Waals surface area (Å²) in [6, 6.07) is -0.464. The fraction of sp³-hybridized carbons (Fsp3) is 0.800. The van der Waals surface area contributed by atoms with Crippen molar-refractivity contribution in [2.45, 2.75) is 44.7 Å². The Bertz CT molecular complexity index is 280. The van der Waals surface area contributed by atoms with Crippen LogP contribution >= 0.6 is 0 Å². The van der Waals surface area contributed by atoms with Crippen molar-refractivity contribution in [3.05, 3.63) is 0 Å². The second-order valence-electron chi connectivity index (χ2n) is 4.20. The van der Waals surface area contributed by atoms with Crippen molar-refractivity contribution >= 4 is 11.9 Å². The van der Waals surface area contributed by atoms with Gasteiger partial charge in [-0.2, -0.15) is 0 Å². The second kappa shape index (κ2) is 4.18. The summed E-state index contributed by atoms with van der Waals surface area (Å²) in [5.74, 6) is -1.31. The van der Waals surface area contributed by atoms with Gasteiger partial charge in [-0.3, -0.25) is 14.5 Å². The van der Waals surface area contributed by atoms with E-state index in [1.165, 1.54) is 0 Å². The zero-order valence-corrected chi connectivity index (χ0v) is 9.19. The molecular weight excluding hydrogens is 196 g/mol. The lowest BCUT2D eigenvalue weighted by atomic mass is 9.97. The predicted octanol–water partition coefficient (Wildman–Crippen LogP) is 0.189. The fourth-order valence-corrected chi connectivity index (χ4v) is 2.29. The lowest BCUT2D eigenvalue weighted by molar-refractivity contribution is -0.151. The maximum Gasteiger partial charge on any atom is 0.323 e. The van der Waals surface area contributed by atoms with Crippen LogP contribution in [0.1, 0.15) is 33.1 Å². The summed E-state index contributed by atoms with van der Waals surface area (Å²) in [6.45, 7) is 4.13. The Labute approximate surface area is 89.2 Å². The zero-order valence-electron chi connectivity index (χ0n) is 9.19. The van der Waals surface area contributed by atoms with Crippen LogP contribution in [0, 0.1) is 0 Å². The summed E-state index contributed by atoms with van der Waals surface area (Å²) in [5, 5.41) is 9.18. The van der Waals surface area contributed by atoms with E-state index >= 15 is 0 Å². The first-order valence-corrected chi connectivity index (χ1v) is 5.23. The summed E-state index contributed by atoms with van der Waals surface area (Å²) in [5.41, 5.74) is 4.34. The minimum Gasteiger partial charge on any atom is -0.480 e. The van der Waals surface area contributed by atoms with Crippen molar-refractivity contribution in [3.8, 4) is 0 Å². The van der Waals surface area contributed by atoms with Crippen LogP contribution in [0.15, 0.2) is 0 Å². The highest BCUT2D eigenvalue weighted by Crippen LogP contribution is 2.31. The van der Waals surface area contributed by atoms with Gasteiger partial charge in [-0.1, -0.05) is 6.92 Å². The molecule has 1 amide bonds. The van der Waals surface area contributed by atoms with Gasteiger partial charge in [0, 0.05) is 6.54 Å². The van der Waals surface area contributed by atoms with E-state index in [9.17, 15) is 14.7 Å². The quantitative estimate of drug-likeness (QED) is 0.699. The smallest absolute Gasteiger partial charge is 0.323 e. The molecule has 0 radical (unpaired) electrons. The van der Waals surface area contributed by atoms with E-state index < -0.39 is 23.5 Å². The second-order valence-corrected chi connectivity index (χ2v) is 4.20. The number of amides is 1. The van der Waals surface area contributed by atoms with Gasteiger partial charge in [0.15, 0.2) is 0 Å².